The van der Waals surface area contributed by atoms with Crippen molar-refractivity contribution < 1.29 is 4.79 Å². The van der Waals surface area contributed by atoms with Gasteiger partial charge in [-0.25, -0.2) is 9.67 Å². The Morgan fingerprint density at radius 3 is 2.42 bits per heavy atom. The summed E-state index contributed by atoms with van der Waals surface area (Å²) < 4.78 is 1.64. The van der Waals surface area contributed by atoms with E-state index in [2.05, 4.69) is 15.4 Å². The normalized spacial score (nSPS) is 10.9. The summed E-state index contributed by atoms with van der Waals surface area (Å²) in [6.07, 6.45) is 0. The number of anilines is 1. The molecule has 4 aromatic rings. The number of nitrogens with one attached hydrogen (secondary N) is 1. The molecule has 1 aromatic heterocycles. The Balaban J connectivity index is 1.77. The lowest BCUT2D eigenvalue weighted by Crippen LogP contribution is -2.14. The van der Waals surface area contributed by atoms with Gasteiger partial charge in [-0.15, -0.1) is 5.10 Å². The first-order valence-corrected chi connectivity index (χ1v) is 10.5. The monoisotopic (exact) mass is 470 g/mol. The minimum Gasteiger partial charge on any atom is -0.319 e. The predicted molar refractivity (Wildman–Crippen MR) is 126 cm³/mol. The lowest BCUT2D eigenvalue weighted by Gasteiger charge is -2.08. The molecule has 156 valence electrons. The molecule has 0 saturated heterocycles. The van der Waals surface area contributed by atoms with Crippen LogP contribution in [0.3, 0.4) is 0 Å². The van der Waals surface area contributed by atoms with Crippen molar-refractivity contribution in [1.82, 2.24) is 14.8 Å². The van der Waals surface area contributed by atoms with Crippen molar-refractivity contribution in [1.29, 1.82) is 0 Å². The van der Waals surface area contributed by atoms with Crippen molar-refractivity contribution in [2.75, 3.05) is 5.32 Å². The summed E-state index contributed by atoms with van der Waals surface area (Å²) >= 11 is 18.2. The van der Waals surface area contributed by atoms with Crippen LogP contribution < -0.4 is 5.32 Å². The van der Waals surface area contributed by atoms with Crippen molar-refractivity contribution in [2.24, 2.45) is 0 Å². The van der Waals surface area contributed by atoms with Crippen LogP contribution in [-0.4, -0.2) is 20.7 Å². The molecule has 5 nitrogen and oxygen atoms in total. The van der Waals surface area contributed by atoms with E-state index in [0.29, 0.717) is 26.6 Å². The zero-order valence-corrected chi connectivity index (χ0v) is 18.9. The van der Waals surface area contributed by atoms with Crippen molar-refractivity contribution in [3.8, 4) is 17.1 Å². The van der Waals surface area contributed by atoms with Gasteiger partial charge in [0.2, 0.25) is 5.82 Å². The molecule has 0 aliphatic heterocycles. The maximum atomic E-state index is 12.9. The summed E-state index contributed by atoms with van der Waals surface area (Å²) in [5.41, 5.74) is 4.29. The van der Waals surface area contributed by atoms with Crippen LogP contribution in [0.25, 0.3) is 17.1 Å². The number of rotatable bonds is 4. The Bertz CT molecular complexity index is 1300. The fourth-order valence-electron chi connectivity index (χ4n) is 3.02. The van der Waals surface area contributed by atoms with Crippen LogP contribution in [0.15, 0.2) is 60.7 Å². The van der Waals surface area contributed by atoms with Crippen LogP contribution in [0.2, 0.25) is 15.1 Å². The van der Waals surface area contributed by atoms with Crippen LogP contribution >= 0.6 is 34.8 Å². The topological polar surface area (TPSA) is 59.8 Å². The van der Waals surface area contributed by atoms with Gasteiger partial charge in [-0.05, 0) is 67.4 Å². The minimum atomic E-state index is -0.468. The summed E-state index contributed by atoms with van der Waals surface area (Å²) in [5, 5.41) is 8.55. The lowest BCUT2D eigenvalue weighted by atomic mass is 10.1. The summed E-state index contributed by atoms with van der Waals surface area (Å²) in [6.45, 7) is 4.06. The number of hydrogen-bond acceptors (Lipinski definition) is 3. The SMILES string of the molecule is Cc1ccc(-n2nc(C(=O)Nc3ccc(Cl)c(Cl)c3)nc2-c2cccc(Cl)c2)cc1C. The average molecular weight is 472 g/mol. The van der Waals surface area contributed by atoms with Gasteiger partial charge in [0.15, 0.2) is 5.82 Å². The van der Waals surface area contributed by atoms with Crippen LogP contribution in [0.4, 0.5) is 5.69 Å². The summed E-state index contributed by atoms with van der Waals surface area (Å²) in [7, 11) is 0. The Morgan fingerprint density at radius 1 is 0.903 bits per heavy atom. The molecule has 0 atom stereocenters. The third-order valence-electron chi connectivity index (χ3n) is 4.81. The standard InChI is InChI=1S/C23H17Cl3N4O/c1-13-6-8-18(10-14(13)2)30-22(15-4-3-5-16(24)11-15)28-21(29-30)23(31)27-17-7-9-19(25)20(26)12-17/h3-12H,1-2H3,(H,27,31). The molecule has 1 amide bonds. The molecule has 8 heteroatoms. The summed E-state index contributed by atoms with van der Waals surface area (Å²) in [5.74, 6) is 0.0496. The third kappa shape index (κ3) is 4.59. The number of carbonyl (C=O) groups is 1. The first kappa shape index (κ1) is 21.4. The molecule has 0 unspecified atom stereocenters. The highest BCUT2D eigenvalue weighted by Gasteiger charge is 2.20. The van der Waals surface area contributed by atoms with E-state index in [1.807, 2.05) is 44.2 Å². The van der Waals surface area contributed by atoms with Gasteiger partial charge in [0.05, 0.1) is 15.7 Å². The molecule has 0 saturated carbocycles. The van der Waals surface area contributed by atoms with Gasteiger partial charge in [-0.2, -0.15) is 0 Å². The molecule has 0 radical (unpaired) electrons. The second kappa shape index (κ2) is 8.71. The molecular weight excluding hydrogens is 455 g/mol. The molecule has 3 aromatic carbocycles. The highest BCUT2D eigenvalue weighted by Crippen LogP contribution is 2.27. The predicted octanol–water partition coefficient (Wildman–Crippen LogP) is 6.76. The molecule has 0 aliphatic carbocycles. The Kier molecular flexibility index (Phi) is 6.01. The number of benzene rings is 3. The number of carbonyl (C=O) groups excluding carboxylic acids is 1. The molecule has 0 spiro atoms. The highest BCUT2D eigenvalue weighted by molar-refractivity contribution is 6.42. The van der Waals surface area contributed by atoms with Crippen molar-refractivity contribution in [3.05, 3.63) is 92.7 Å². The third-order valence-corrected chi connectivity index (χ3v) is 5.78. The minimum absolute atomic E-state index is 0.0132. The van der Waals surface area contributed by atoms with Crippen LogP contribution in [0.1, 0.15) is 21.7 Å². The maximum Gasteiger partial charge on any atom is 0.295 e. The van der Waals surface area contributed by atoms with Crippen LogP contribution in [0, 0.1) is 13.8 Å². The smallest absolute Gasteiger partial charge is 0.295 e. The number of nitrogens with zero attached hydrogens (tertiary/aromatic N) is 3. The van der Waals surface area contributed by atoms with Crippen LogP contribution in [-0.2, 0) is 0 Å². The zero-order chi connectivity index (χ0) is 22.1. The van der Waals surface area contributed by atoms with Crippen molar-refractivity contribution in [2.45, 2.75) is 13.8 Å². The Labute approximate surface area is 194 Å². The second-order valence-electron chi connectivity index (χ2n) is 7.03. The second-order valence-corrected chi connectivity index (χ2v) is 8.28. The van der Waals surface area contributed by atoms with Gasteiger partial charge in [0, 0.05) is 16.3 Å². The maximum absolute atomic E-state index is 12.9. The van der Waals surface area contributed by atoms with E-state index < -0.39 is 5.91 Å². The molecule has 1 heterocycles. The summed E-state index contributed by atoms with van der Waals surface area (Å²) in [4.78, 5) is 17.4. The fourth-order valence-corrected chi connectivity index (χ4v) is 3.51. The highest BCUT2D eigenvalue weighted by atomic mass is 35.5. The van der Waals surface area contributed by atoms with Crippen molar-refractivity contribution >= 4 is 46.4 Å². The number of hydrogen-bond donors (Lipinski definition) is 1. The van der Waals surface area contributed by atoms with Gasteiger partial charge in [0.1, 0.15) is 0 Å². The van der Waals surface area contributed by atoms with Crippen molar-refractivity contribution in [3.63, 3.8) is 0 Å². The Morgan fingerprint density at radius 2 is 1.71 bits per heavy atom. The van der Waals surface area contributed by atoms with E-state index in [1.165, 1.54) is 0 Å². The number of aromatic nitrogens is 3. The number of amides is 1. The first-order valence-electron chi connectivity index (χ1n) is 9.39. The van der Waals surface area contributed by atoms with E-state index in [9.17, 15) is 4.79 Å². The van der Waals surface area contributed by atoms with Gasteiger partial charge in [-0.3, -0.25) is 4.79 Å². The largest absolute Gasteiger partial charge is 0.319 e. The molecule has 1 N–H and O–H groups in total. The zero-order valence-electron chi connectivity index (χ0n) is 16.7. The molecular formula is C23H17Cl3N4O. The fraction of sp³-hybridized carbons (Fsp3) is 0.0870. The van der Waals surface area contributed by atoms with E-state index in [1.54, 1.807) is 35.0 Å². The molecule has 31 heavy (non-hydrogen) atoms. The first-order chi connectivity index (χ1) is 14.8. The molecule has 4 rings (SSSR count). The Hall–Kier alpha value is -2.86. The van der Waals surface area contributed by atoms with Crippen LogP contribution in [0.5, 0.6) is 0 Å². The lowest BCUT2D eigenvalue weighted by molar-refractivity contribution is 0.101. The van der Waals surface area contributed by atoms with Gasteiger partial charge < -0.3 is 5.32 Å². The molecule has 0 fully saturated rings. The van der Waals surface area contributed by atoms with E-state index in [4.69, 9.17) is 34.8 Å². The number of halogens is 3. The quantitative estimate of drug-likeness (QED) is 0.357. The molecule has 0 aliphatic rings. The number of aryl methyl sites for hydroxylation is 2. The molecule has 0 bridgehead atoms. The van der Waals surface area contributed by atoms with E-state index in [-0.39, 0.29) is 5.82 Å². The van der Waals surface area contributed by atoms with E-state index >= 15 is 0 Å². The van der Waals surface area contributed by atoms with Gasteiger partial charge in [0.25, 0.3) is 5.91 Å². The average Bonchev–Trinajstić information content (AvgIpc) is 3.18. The summed E-state index contributed by atoms with van der Waals surface area (Å²) in [6, 6.07) is 18.0. The van der Waals surface area contributed by atoms with Gasteiger partial charge in [-0.1, -0.05) is 53.0 Å². The van der Waals surface area contributed by atoms with E-state index in [0.717, 1.165) is 22.4 Å². The van der Waals surface area contributed by atoms with Gasteiger partial charge >= 0.3 is 0 Å².